The molecule has 1 aromatic carbocycles. The van der Waals surface area contributed by atoms with Crippen molar-refractivity contribution in [1.29, 1.82) is 0 Å². The summed E-state index contributed by atoms with van der Waals surface area (Å²) in [5.74, 6) is 1.64. The second-order valence-electron chi connectivity index (χ2n) is 6.50. The van der Waals surface area contributed by atoms with Gasteiger partial charge >= 0.3 is 0 Å². The molecular weight excluding hydrogens is 344 g/mol. The standard InChI is InChI=1S/C20H28N4OS/c1-20(2,26-4)15-24-19(21-3)23-13-16-8-10-18(11-9-16)25-14-17-7-5-6-12-22-17/h5-12H,13-15H2,1-4H3,(H2,21,23,24). The average molecular weight is 373 g/mol. The quantitative estimate of drug-likeness (QED) is 0.549. The van der Waals surface area contributed by atoms with Crippen LogP contribution in [0.4, 0.5) is 0 Å². The van der Waals surface area contributed by atoms with E-state index >= 15 is 0 Å². The van der Waals surface area contributed by atoms with Crippen molar-refractivity contribution in [2.24, 2.45) is 4.99 Å². The number of hydrogen-bond acceptors (Lipinski definition) is 4. The van der Waals surface area contributed by atoms with Crippen LogP contribution in [0.1, 0.15) is 25.1 Å². The monoisotopic (exact) mass is 372 g/mol. The third-order valence-electron chi connectivity index (χ3n) is 3.95. The Balaban J connectivity index is 1.79. The zero-order chi connectivity index (χ0) is 18.8. The average Bonchev–Trinajstić information content (AvgIpc) is 2.68. The zero-order valence-corrected chi connectivity index (χ0v) is 16.8. The summed E-state index contributed by atoms with van der Waals surface area (Å²) in [5, 5.41) is 6.71. The van der Waals surface area contributed by atoms with E-state index in [9.17, 15) is 0 Å². The number of benzene rings is 1. The van der Waals surface area contributed by atoms with Gasteiger partial charge in [-0.05, 0) is 49.9 Å². The molecule has 0 aliphatic carbocycles. The van der Waals surface area contributed by atoms with Gasteiger partial charge < -0.3 is 15.4 Å². The summed E-state index contributed by atoms with van der Waals surface area (Å²) in [6.45, 7) is 6.46. The highest BCUT2D eigenvalue weighted by Gasteiger charge is 2.15. The second kappa shape index (κ2) is 10.1. The molecule has 2 aromatic rings. The minimum atomic E-state index is 0.171. The summed E-state index contributed by atoms with van der Waals surface area (Å²) in [4.78, 5) is 8.53. The van der Waals surface area contributed by atoms with Crippen LogP contribution in [0.5, 0.6) is 5.75 Å². The number of guanidine groups is 1. The van der Waals surface area contributed by atoms with E-state index in [-0.39, 0.29) is 4.75 Å². The SMILES string of the molecule is CN=C(NCc1ccc(OCc2ccccn2)cc1)NCC(C)(C)SC. The first-order chi connectivity index (χ1) is 12.5. The number of rotatable bonds is 8. The number of nitrogens with zero attached hydrogens (tertiary/aromatic N) is 2. The molecule has 0 saturated carbocycles. The second-order valence-corrected chi connectivity index (χ2v) is 8.01. The Bertz CT molecular complexity index is 687. The van der Waals surface area contributed by atoms with E-state index in [1.807, 2.05) is 42.1 Å². The molecular formula is C20H28N4OS. The molecule has 0 aliphatic rings. The van der Waals surface area contributed by atoms with Crippen LogP contribution in [0.3, 0.4) is 0 Å². The minimum Gasteiger partial charge on any atom is -0.487 e. The third-order valence-corrected chi connectivity index (χ3v) is 5.20. The highest BCUT2D eigenvalue weighted by molar-refractivity contribution is 7.99. The van der Waals surface area contributed by atoms with Gasteiger partial charge in [0, 0.05) is 31.1 Å². The van der Waals surface area contributed by atoms with Gasteiger partial charge in [0.25, 0.3) is 0 Å². The molecule has 0 amide bonds. The predicted molar refractivity (Wildman–Crippen MR) is 111 cm³/mol. The lowest BCUT2D eigenvalue weighted by atomic mass is 10.2. The molecule has 26 heavy (non-hydrogen) atoms. The molecule has 1 aromatic heterocycles. The van der Waals surface area contributed by atoms with E-state index in [0.717, 1.165) is 23.9 Å². The lowest BCUT2D eigenvalue weighted by Crippen LogP contribution is -2.42. The number of thioether (sulfide) groups is 1. The highest BCUT2D eigenvalue weighted by atomic mass is 32.2. The predicted octanol–water partition coefficient (Wildman–Crippen LogP) is 3.47. The first kappa shape index (κ1) is 20.1. The van der Waals surface area contributed by atoms with Crippen LogP contribution in [0.15, 0.2) is 53.7 Å². The Morgan fingerprint density at radius 2 is 1.92 bits per heavy atom. The summed E-state index contributed by atoms with van der Waals surface area (Å²) in [5.41, 5.74) is 2.09. The third kappa shape index (κ3) is 6.96. The number of aliphatic imine (C=N–C) groups is 1. The van der Waals surface area contributed by atoms with E-state index in [0.29, 0.717) is 13.2 Å². The van der Waals surface area contributed by atoms with Gasteiger partial charge in [0.15, 0.2) is 5.96 Å². The lowest BCUT2D eigenvalue weighted by molar-refractivity contribution is 0.301. The van der Waals surface area contributed by atoms with E-state index in [4.69, 9.17) is 4.74 Å². The van der Waals surface area contributed by atoms with Crippen molar-refractivity contribution < 1.29 is 4.74 Å². The van der Waals surface area contributed by atoms with Crippen molar-refractivity contribution in [2.45, 2.75) is 31.7 Å². The number of pyridine rings is 1. The van der Waals surface area contributed by atoms with Gasteiger partial charge in [0.05, 0.1) is 5.69 Å². The van der Waals surface area contributed by atoms with Gasteiger partial charge in [-0.3, -0.25) is 9.98 Å². The van der Waals surface area contributed by atoms with Gasteiger partial charge in [-0.15, -0.1) is 0 Å². The molecule has 1 heterocycles. The molecule has 140 valence electrons. The smallest absolute Gasteiger partial charge is 0.191 e. The Morgan fingerprint density at radius 3 is 2.54 bits per heavy atom. The molecule has 0 saturated heterocycles. The maximum atomic E-state index is 5.76. The van der Waals surface area contributed by atoms with Crippen molar-refractivity contribution in [1.82, 2.24) is 15.6 Å². The van der Waals surface area contributed by atoms with Crippen molar-refractivity contribution in [3.63, 3.8) is 0 Å². The molecule has 6 heteroatoms. The number of aromatic nitrogens is 1. The maximum Gasteiger partial charge on any atom is 0.191 e. The molecule has 0 atom stereocenters. The summed E-state index contributed by atoms with van der Waals surface area (Å²) in [6.07, 6.45) is 3.89. The van der Waals surface area contributed by atoms with Gasteiger partial charge in [0.2, 0.25) is 0 Å². The highest BCUT2D eigenvalue weighted by Crippen LogP contribution is 2.19. The van der Waals surface area contributed by atoms with Crippen LogP contribution >= 0.6 is 11.8 Å². The molecule has 0 fully saturated rings. The van der Waals surface area contributed by atoms with E-state index in [1.165, 1.54) is 5.56 Å². The van der Waals surface area contributed by atoms with Crippen LogP contribution in [0, 0.1) is 0 Å². The minimum absolute atomic E-state index is 0.171. The Kier molecular flexibility index (Phi) is 7.78. The Morgan fingerprint density at radius 1 is 1.15 bits per heavy atom. The van der Waals surface area contributed by atoms with E-state index in [2.05, 4.69) is 52.8 Å². The fourth-order valence-corrected chi connectivity index (χ4v) is 2.34. The first-order valence-electron chi connectivity index (χ1n) is 8.64. The van der Waals surface area contributed by atoms with Crippen LogP contribution in [-0.4, -0.2) is 35.5 Å². The van der Waals surface area contributed by atoms with Crippen LogP contribution in [0.25, 0.3) is 0 Å². The Labute approximate surface area is 160 Å². The molecule has 2 N–H and O–H groups in total. The van der Waals surface area contributed by atoms with E-state index in [1.54, 1.807) is 13.2 Å². The molecule has 0 bridgehead atoms. The van der Waals surface area contributed by atoms with Gasteiger partial charge in [-0.2, -0.15) is 11.8 Å². The molecule has 2 rings (SSSR count). The van der Waals surface area contributed by atoms with Crippen molar-refractivity contribution >= 4 is 17.7 Å². The van der Waals surface area contributed by atoms with Crippen LogP contribution in [0.2, 0.25) is 0 Å². The number of nitrogens with one attached hydrogen (secondary N) is 2. The molecule has 0 unspecified atom stereocenters. The first-order valence-corrected chi connectivity index (χ1v) is 9.86. The molecule has 0 radical (unpaired) electrons. The van der Waals surface area contributed by atoms with Gasteiger partial charge in [0.1, 0.15) is 12.4 Å². The van der Waals surface area contributed by atoms with Gasteiger partial charge in [-0.25, -0.2) is 0 Å². The van der Waals surface area contributed by atoms with E-state index < -0.39 is 0 Å². The van der Waals surface area contributed by atoms with Crippen molar-refractivity contribution in [2.75, 3.05) is 19.8 Å². The van der Waals surface area contributed by atoms with Crippen molar-refractivity contribution in [3.05, 3.63) is 59.9 Å². The van der Waals surface area contributed by atoms with Crippen molar-refractivity contribution in [3.8, 4) is 5.75 Å². The number of ether oxygens (including phenoxy) is 1. The van der Waals surface area contributed by atoms with Crippen LogP contribution in [-0.2, 0) is 13.2 Å². The topological polar surface area (TPSA) is 58.5 Å². The summed E-state index contributed by atoms with van der Waals surface area (Å²) in [6, 6.07) is 13.9. The molecule has 0 spiro atoms. The molecule has 5 nitrogen and oxygen atoms in total. The Hall–Kier alpha value is -2.21. The summed E-state index contributed by atoms with van der Waals surface area (Å²) >= 11 is 1.83. The summed E-state index contributed by atoms with van der Waals surface area (Å²) < 4.78 is 5.93. The van der Waals surface area contributed by atoms with Gasteiger partial charge in [-0.1, -0.05) is 18.2 Å². The molecule has 0 aliphatic heterocycles. The normalized spacial score (nSPS) is 11.9. The largest absolute Gasteiger partial charge is 0.487 e. The number of hydrogen-bond donors (Lipinski definition) is 2. The van der Waals surface area contributed by atoms with Crippen LogP contribution < -0.4 is 15.4 Å². The zero-order valence-electron chi connectivity index (χ0n) is 16.0. The lowest BCUT2D eigenvalue weighted by Gasteiger charge is -2.23. The maximum absolute atomic E-state index is 5.76. The fourth-order valence-electron chi connectivity index (χ4n) is 2.12. The summed E-state index contributed by atoms with van der Waals surface area (Å²) in [7, 11) is 1.79. The fraction of sp³-hybridized carbons (Fsp3) is 0.400.